The highest BCUT2D eigenvalue weighted by Gasteiger charge is 2.16. The Hall–Kier alpha value is -2.26. The van der Waals surface area contributed by atoms with E-state index in [0.29, 0.717) is 0 Å². The summed E-state index contributed by atoms with van der Waals surface area (Å²) in [7, 11) is 1.92. The van der Waals surface area contributed by atoms with Crippen molar-refractivity contribution in [1.29, 1.82) is 0 Å². The number of pyridine rings is 1. The zero-order valence-corrected chi connectivity index (χ0v) is 12.1. The van der Waals surface area contributed by atoms with E-state index in [-0.39, 0.29) is 11.9 Å². The van der Waals surface area contributed by atoms with Gasteiger partial charge in [0.25, 0.3) is 0 Å². The first-order valence-electron chi connectivity index (χ1n) is 6.98. The van der Waals surface area contributed by atoms with Gasteiger partial charge in [0, 0.05) is 11.1 Å². The quantitative estimate of drug-likeness (QED) is 0.784. The van der Waals surface area contributed by atoms with Crippen molar-refractivity contribution in [2.45, 2.75) is 13.0 Å². The molecule has 3 rings (SSSR count). The van der Waals surface area contributed by atoms with Gasteiger partial charge in [-0.3, -0.25) is 4.98 Å². The Bertz CT molecular complexity index is 766. The third-order valence-corrected chi connectivity index (χ3v) is 3.68. The molecule has 0 saturated carbocycles. The molecule has 1 atom stereocenters. The molecule has 1 unspecified atom stereocenters. The van der Waals surface area contributed by atoms with Gasteiger partial charge >= 0.3 is 0 Å². The number of rotatable bonds is 3. The zero-order valence-electron chi connectivity index (χ0n) is 12.1. The highest BCUT2D eigenvalue weighted by molar-refractivity contribution is 5.83. The zero-order chi connectivity index (χ0) is 14.8. The van der Waals surface area contributed by atoms with Crippen LogP contribution < -0.4 is 5.32 Å². The Kier molecular flexibility index (Phi) is 3.67. The summed E-state index contributed by atoms with van der Waals surface area (Å²) in [6.07, 6.45) is 0. The average molecular weight is 280 g/mol. The number of fused-ring (bicyclic) bond motifs is 1. The molecule has 0 amide bonds. The van der Waals surface area contributed by atoms with Gasteiger partial charge in [0.2, 0.25) is 0 Å². The Labute approximate surface area is 123 Å². The Morgan fingerprint density at radius 3 is 2.48 bits per heavy atom. The standard InChI is InChI=1S/C18H17FN2/c1-12-11-16(15-5-3-4-6-17(15)21-12)18(20-2)13-7-9-14(19)10-8-13/h3-11,18,20H,1-2H3. The van der Waals surface area contributed by atoms with Crippen LogP contribution in [-0.4, -0.2) is 12.0 Å². The lowest BCUT2D eigenvalue weighted by Gasteiger charge is -2.19. The molecule has 0 radical (unpaired) electrons. The van der Waals surface area contributed by atoms with Gasteiger partial charge in [-0.2, -0.15) is 0 Å². The fraction of sp³-hybridized carbons (Fsp3) is 0.167. The van der Waals surface area contributed by atoms with Crippen LogP contribution in [0.2, 0.25) is 0 Å². The van der Waals surface area contributed by atoms with Crippen molar-refractivity contribution in [1.82, 2.24) is 10.3 Å². The summed E-state index contributed by atoms with van der Waals surface area (Å²) in [5, 5.41) is 4.44. The van der Waals surface area contributed by atoms with Gasteiger partial charge in [-0.15, -0.1) is 0 Å². The summed E-state index contributed by atoms with van der Waals surface area (Å²) in [5.74, 6) is -0.218. The van der Waals surface area contributed by atoms with Gasteiger partial charge < -0.3 is 5.32 Å². The first-order chi connectivity index (χ1) is 10.2. The van der Waals surface area contributed by atoms with Gasteiger partial charge in [-0.1, -0.05) is 30.3 Å². The fourth-order valence-electron chi connectivity index (χ4n) is 2.74. The Morgan fingerprint density at radius 1 is 1.05 bits per heavy atom. The number of para-hydroxylation sites is 1. The van der Waals surface area contributed by atoms with Gasteiger partial charge in [-0.05, 0) is 49.4 Å². The van der Waals surface area contributed by atoms with Crippen molar-refractivity contribution in [3.63, 3.8) is 0 Å². The molecule has 1 aromatic heterocycles. The predicted molar refractivity (Wildman–Crippen MR) is 83.8 cm³/mol. The molecule has 0 aliphatic heterocycles. The minimum absolute atomic E-state index is 0.0113. The van der Waals surface area contributed by atoms with E-state index >= 15 is 0 Å². The lowest BCUT2D eigenvalue weighted by atomic mass is 9.95. The van der Waals surface area contributed by atoms with Crippen LogP contribution in [-0.2, 0) is 0 Å². The van der Waals surface area contributed by atoms with E-state index in [2.05, 4.69) is 22.4 Å². The molecule has 1 N–H and O–H groups in total. The van der Waals surface area contributed by atoms with E-state index in [1.807, 2.05) is 44.3 Å². The second kappa shape index (κ2) is 5.62. The number of nitrogens with zero attached hydrogens (tertiary/aromatic N) is 1. The first kappa shape index (κ1) is 13.7. The molecule has 2 nitrogen and oxygen atoms in total. The maximum atomic E-state index is 13.1. The number of aromatic nitrogens is 1. The maximum absolute atomic E-state index is 13.1. The van der Waals surface area contributed by atoms with Crippen molar-refractivity contribution in [2.24, 2.45) is 0 Å². The van der Waals surface area contributed by atoms with Crippen LogP contribution in [0.4, 0.5) is 4.39 Å². The summed E-state index contributed by atoms with van der Waals surface area (Å²) in [5.41, 5.74) is 4.16. The number of benzene rings is 2. The van der Waals surface area contributed by atoms with E-state index in [9.17, 15) is 4.39 Å². The van der Waals surface area contributed by atoms with Crippen molar-refractivity contribution in [3.8, 4) is 0 Å². The van der Waals surface area contributed by atoms with E-state index in [1.165, 1.54) is 12.1 Å². The maximum Gasteiger partial charge on any atom is 0.123 e. The largest absolute Gasteiger partial charge is 0.309 e. The van der Waals surface area contributed by atoms with Crippen molar-refractivity contribution in [3.05, 3.63) is 77.2 Å². The molecule has 0 aliphatic rings. The van der Waals surface area contributed by atoms with Crippen LogP contribution in [0.25, 0.3) is 10.9 Å². The number of aryl methyl sites for hydroxylation is 1. The van der Waals surface area contributed by atoms with Crippen LogP contribution in [0, 0.1) is 12.7 Å². The predicted octanol–water partition coefficient (Wildman–Crippen LogP) is 3.99. The Morgan fingerprint density at radius 2 is 1.76 bits per heavy atom. The molecule has 2 aromatic carbocycles. The SMILES string of the molecule is CNC(c1ccc(F)cc1)c1cc(C)nc2ccccc12. The smallest absolute Gasteiger partial charge is 0.123 e. The lowest BCUT2D eigenvalue weighted by Crippen LogP contribution is -2.18. The molecule has 0 aliphatic carbocycles. The van der Waals surface area contributed by atoms with Crippen molar-refractivity contribution in [2.75, 3.05) is 7.05 Å². The molecular weight excluding hydrogens is 263 g/mol. The monoisotopic (exact) mass is 280 g/mol. The molecule has 106 valence electrons. The summed E-state index contributed by atoms with van der Waals surface area (Å²) in [6, 6.07) is 16.8. The molecule has 1 heterocycles. The highest BCUT2D eigenvalue weighted by atomic mass is 19.1. The van der Waals surface area contributed by atoms with E-state index < -0.39 is 0 Å². The fourth-order valence-corrected chi connectivity index (χ4v) is 2.74. The minimum atomic E-state index is -0.218. The molecule has 0 bridgehead atoms. The second-order valence-electron chi connectivity index (χ2n) is 5.14. The van der Waals surface area contributed by atoms with Gasteiger partial charge in [0.05, 0.1) is 11.6 Å². The summed E-state index contributed by atoms with van der Waals surface area (Å²) in [4.78, 5) is 4.57. The summed E-state index contributed by atoms with van der Waals surface area (Å²) >= 11 is 0. The molecule has 0 saturated heterocycles. The van der Waals surface area contributed by atoms with E-state index in [0.717, 1.165) is 27.7 Å². The molecule has 3 aromatic rings. The topological polar surface area (TPSA) is 24.9 Å². The van der Waals surface area contributed by atoms with Gasteiger partial charge in [0.15, 0.2) is 0 Å². The van der Waals surface area contributed by atoms with Crippen LogP contribution in [0.1, 0.15) is 22.9 Å². The van der Waals surface area contributed by atoms with Crippen LogP contribution >= 0.6 is 0 Å². The van der Waals surface area contributed by atoms with E-state index in [4.69, 9.17) is 0 Å². The number of hydrogen-bond acceptors (Lipinski definition) is 2. The second-order valence-corrected chi connectivity index (χ2v) is 5.14. The normalized spacial score (nSPS) is 12.5. The molecule has 0 spiro atoms. The Balaban J connectivity index is 2.19. The van der Waals surface area contributed by atoms with Crippen LogP contribution in [0.3, 0.4) is 0 Å². The number of nitrogens with one attached hydrogen (secondary N) is 1. The van der Waals surface area contributed by atoms with Gasteiger partial charge in [0.1, 0.15) is 5.82 Å². The number of hydrogen-bond donors (Lipinski definition) is 1. The number of halogens is 1. The highest BCUT2D eigenvalue weighted by Crippen LogP contribution is 2.28. The van der Waals surface area contributed by atoms with Crippen molar-refractivity contribution >= 4 is 10.9 Å². The minimum Gasteiger partial charge on any atom is -0.309 e. The molecular formula is C18H17FN2. The van der Waals surface area contributed by atoms with Gasteiger partial charge in [-0.25, -0.2) is 4.39 Å². The third-order valence-electron chi connectivity index (χ3n) is 3.68. The van der Waals surface area contributed by atoms with E-state index in [1.54, 1.807) is 0 Å². The van der Waals surface area contributed by atoms with Crippen molar-refractivity contribution < 1.29 is 4.39 Å². The first-order valence-corrected chi connectivity index (χ1v) is 6.98. The molecule has 3 heteroatoms. The third kappa shape index (κ3) is 2.65. The average Bonchev–Trinajstić information content (AvgIpc) is 2.49. The van der Waals surface area contributed by atoms with Crippen LogP contribution in [0.5, 0.6) is 0 Å². The lowest BCUT2D eigenvalue weighted by molar-refractivity contribution is 0.623. The molecule has 21 heavy (non-hydrogen) atoms. The summed E-state index contributed by atoms with van der Waals surface area (Å²) in [6.45, 7) is 1.99. The van der Waals surface area contributed by atoms with Crippen LogP contribution in [0.15, 0.2) is 54.6 Å². The summed E-state index contributed by atoms with van der Waals surface area (Å²) < 4.78 is 13.1. The molecule has 0 fully saturated rings.